The molecule has 1 atom stereocenters. The molecule has 1 N–H and O–H groups in total. The minimum atomic E-state index is 0.181. The van der Waals surface area contributed by atoms with Crippen molar-refractivity contribution in [2.24, 2.45) is 0 Å². The summed E-state index contributed by atoms with van der Waals surface area (Å²) in [7, 11) is 1.93. The lowest BCUT2D eigenvalue weighted by Gasteiger charge is -2.10. The standard InChI is InChI=1S/C21H25NO3/c1-5-23-18-9-6-16(7-10-18)13-24-19-11-8-17-12-20(15(3)22-4)25-21(17)14(19)2/h6-12,15,22H,5,13H2,1-4H3. The van der Waals surface area contributed by atoms with Gasteiger partial charge < -0.3 is 19.2 Å². The summed E-state index contributed by atoms with van der Waals surface area (Å²) in [5.41, 5.74) is 3.02. The molecule has 0 saturated heterocycles. The Balaban J connectivity index is 1.76. The van der Waals surface area contributed by atoms with Crippen molar-refractivity contribution >= 4 is 11.0 Å². The van der Waals surface area contributed by atoms with E-state index in [1.54, 1.807) is 0 Å². The number of furan rings is 1. The molecule has 0 aliphatic heterocycles. The van der Waals surface area contributed by atoms with Crippen LogP contribution in [0.5, 0.6) is 11.5 Å². The molecule has 3 rings (SSSR count). The van der Waals surface area contributed by atoms with Crippen LogP contribution < -0.4 is 14.8 Å². The fraction of sp³-hybridized carbons (Fsp3) is 0.333. The molecule has 0 bridgehead atoms. The number of hydrogen-bond donors (Lipinski definition) is 1. The van der Waals surface area contributed by atoms with E-state index in [2.05, 4.69) is 18.3 Å². The Morgan fingerprint density at radius 3 is 2.52 bits per heavy atom. The third kappa shape index (κ3) is 3.80. The highest BCUT2D eigenvalue weighted by Crippen LogP contribution is 2.32. The third-order valence-electron chi connectivity index (χ3n) is 4.39. The second-order valence-electron chi connectivity index (χ2n) is 6.13. The minimum Gasteiger partial charge on any atom is -0.494 e. The summed E-state index contributed by atoms with van der Waals surface area (Å²) in [6.45, 7) is 7.28. The molecule has 132 valence electrons. The first-order chi connectivity index (χ1) is 12.1. The maximum atomic E-state index is 6.03. The van der Waals surface area contributed by atoms with Crippen LogP contribution in [0.1, 0.15) is 36.8 Å². The van der Waals surface area contributed by atoms with Crippen LogP contribution in [0.25, 0.3) is 11.0 Å². The van der Waals surface area contributed by atoms with E-state index in [0.29, 0.717) is 13.2 Å². The SMILES string of the molecule is CCOc1ccc(COc2ccc3cc(C(C)NC)oc3c2C)cc1. The van der Waals surface area contributed by atoms with Gasteiger partial charge in [-0.3, -0.25) is 0 Å². The van der Waals surface area contributed by atoms with E-state index in [1.165, 1.54) is 0 Å². The Hall–Kier alpha value is -2.46. The predicted molar refractivity (Wildman–Crippen MR) is 100 cm³/mol. The molecule has 0 saturated carbocycles. The molecule has 4 nitrogen and oxygen atoms in total. The minimum absolute atomic E-state index is 0.181. The zero-order valence-corrected chi connectivity index (χ0v) is 15.3. The average molecular weight is 339 g/mol. The van der Waals surface area contributed by atoms with Gasteiger partial charge in [0.05, 0.1) is 12.6 Å². The molecule has 0 radical (unpaired) electrons. The maximum absolute atomic E-state index is 6.03. The molecule has 0 amide bonds. The Labute approximate surface area is 148 Å². The van der Waals surface area contributed by atoms with Crippen LogP contribution in [0.2, 0.25) is 0 Å². The number of benzene rings is 2. The van der Waals surface area contributed by atoms with E-state index in [0.717, 1.165) is 39.4 Å². The molecular weight excluding hydrogens is 314 g/mol. The number of fused-ring (bicyclic) bond motifs is 1. The Morgan fingerprint density at radius 1 is 1.08 bits per heavy atom. The second-order valence-corrected chi connectivity index (χ2v) is 6.13. The van der Waals surface area contributed by atoms with Crippen LogP contribution in [-0.4, -0.2) is 13.7 Å². The van der Waals surface area contributed by atoms with E-state index in [9.17, 15) is 0 Å². The predicted octanol–water partition coefficient (Wildman–Crippen LogP) is 5.00. The van der Waals surface area contributed by atoms with E-state index in [1.807, 2.05) is 57.3 Å². The molecular formula is C21H25NO3. The van der Waals surface area contributed by atoms with Crippen molar-refractivity contribution in [1.29, 1.82) is 0 Å². The lowest BCUT2D eigenvalue weighted by atomic mass is 10.1. The molecule has 4 heteroatoms. The van der Waals surface area contributed by atoms with E-state index >= 15 is 0 Å². The topological polar surface area (TPSA) is 43.6 Å². The van der Waals surface area contributed by atoms with Crippen molar-refractivity contribution in [2.45, 2.75) is 33.4 Å². The largest absolute Gasteiger partial charge is 0.494 e. The van der Waals surface area contributed by atoms with Crippen molar-refractivity contribution in [3.05, 3.63) is 59.4 Å². The molecule has 2 aromatic carbocycles. The van der Waals surface area contributed by atoms with Crippen LogP contribution in [0.3, 0.4) is 0 Å². The summed E-state index contributed by atoms with van der Waals surface area (Å²) in [5.74, 6) is 2.66. The number of nitrogens with one attached hydrogen (secondary N) is 1. The van der Waals surface area contributed by atoms with Gasteiger partial charge in [-0.25, -0.2) is 0 Å². The van der Waals surface area contributed by atoms with Crippen molar-refractivity contribution in [1.82, 2.24) is 5.32 Å². The van der Waals surface area contributed by atoms with Gasteiger partial charge in [-0.05, 0) is 63.7 Å². The number of rotatable bonds is 7. The molecule has 1 unspecified atom stereocenters. The van der Waals surface area contributed by atoms with Gasteiger partial charge in [-0.1, -0.05) is 12.1 Å². The number of aryl methyl sites for hydroxylation is 1. The van der Waals surface area contributed by atoms with Gasteiger partial charge in [0.2, 0.25) is 0 Å². The fourth-order valence-corrected chi connectivity index (χ4v) is 2.77. The van der Waals surface area contributed by atoms with E-state index < -0.39 is 0 Å². The third-order valence-corrected chi connectivity index (χ3v) is 4.39. The van der Waals surface area contributed by atoms with Gasteiger partial charge in [0.15, 0.2) is 0 Å². The quantitative estimate of drug-likeness (QED) is 0.658. The van der Waals surface area contributed by atoms with Crippen LogP contribution in [0.15, 0.2) is 46.9 Å². The van der Waals surface area contributed by atoms with Gasteiger partial charge in [0.25, 0.3) is 0 Å². The summed E-state index contributed by atoms with van der Waals surface area (Å²) in [4.78, 5) is 0. The van der Waals surface area contributed by atoms with Gasteiger partial charge in [0, 0.05) is 10.9 Å². The van der Waals surface area contributed by atoms with Gasteiger partial charge in [-0.2, -0.15) is 0 Å². The van der Waals surface area contributed by atoms with E-state index in [4.69, 9.17) is 13.9 Å². The lowest BCUT2D eigenvalue weighted by molar-refractivity contribution is 0.303. The molecule has 1 heterocycles. The Morgan fingerprint density at radius 2 is 1.84 bits per heavy atom. The first kappa shape index (κ1) is 17.4. The second kappa shape index (κ2) is 7.62. The van der Waals surface area contributed by atoms with E-state index in [-0.39, 0.29) is 6.04 Å². The Kier molecular flexibility index (Phi) is 5.29. The molecule has 3 aromatic rings. The monoisotopic (exact) mass is 339 g/mol. The maximum Gasteiger partial charge on any atom is 0.140 e. The summed E-state index contributed by atoms with van der Waals surface area (Å²) in [6.07, 6.45) is 0. The fourth-order valence-electron chi connectivity index (χ4n) is 2.77. The lowest BCUT2D eigenvalue weighted by Crippen LogP contribution is -2.10. The smallest absolute Gasteiger partial charge is 0.140 e. The van der Waals surface area contributed by atoms with Crippen LogP contribution in [0, 0.1) is 6.92 Å². The van der Waals surface area contributed by atoms with Crippen molar-refractivity contribution in [2.75, 3.05) is 13.7 Å². The van der Waals surface area contributed by atoms with Gasteiger partial charge >= 0.3 is 0 Å². The number of hydrogen-bond acceptors (Lipinski definition) is 4. The number of ether oxygens (including phenoxy) is 2. The highest BCUT2D eigenvalue weighted by Gasteiger charge is 2.13. The summed E-state index contributed by atoms with van der Waals surface area (Å²) in [5, 5.41) is 4.30. The van der Waals surface area contributed by atoms with Crippen LogP contribution in [-0.2, 0) is 6.61 Å². The van der Waals surface area contributed by atoms with Gasteiger partial charge in [0.1, 0.15) is 29.4 Å². The first-order valence-corrected chi connectivity index (χ1v) is 8.67. The van der Waals surface area contributed by atoms with Crippen molar-refractivity contribution in [3.8, 4) is 11.5 Å². The average Bonchev–Trinajstić information content (AvgIpc) is 3.07. The van der Waals surface area contributed by atoms with Crippen LogP contribution in [0.4, 0.5) is 0 Å². The molecule has 0 aliphatic carbocycles. The van der Waals surface area contributed by atoms with Crippen molar-refractivity contribution < 1.29 is 13.9 Å². The zero-order chi connectivity index (χ0) is 17.8. The Bertz CT molecular complexity index is 836. The highest BCUT2D eigenvalue weighted by molar-refractivity contribution is 5.83. The molecule has 0 spiro atoms. The van der Waals surface area contributed by atoms with Crippen molar-refractivity contribution in [3.63, 3.8) is 0 Å². The summed E-state index contributed by atoms with van der Waals surface area (Å²) in [6, 6.07) is 14.3. The molecule has 0 aliphatic rings. The molecule has 25 heavy (non-hydrogen) atoms. The highest BCUT2D eigenvalue weighted by atomic mass is 16.5. The summed E-state index contributed by atoms with van der Waals surface area (Å²) < 4.78 is 17.5. The van der Waals surface area contributed by atoms with Gasteiger partial charge in [-0.15, -0.1) is 0 Å². The molecule has 1 aromatic heterocycles. The first-order valence-electron chi connectivity index (χ1n) is 8.67. The molecule has 0 fully saturated rings. The zero-order valence-electron chi connectivity index (χ0n) is 15.3. The van der Waals surface area contributed by atoms with Crippen LogP contribution >= 0.6 is 0 Å². The summed E-state index contributed by atoms with van der Waals surface area (Å²) >= 11 is 0. The normalized spacial score (nSPS) is 12.3.